The molecule has 1 atom stereocenters. The zero-order valence-electron chi connectivity index (χ0n) is 14.7. The molecule has 0 aliphatic carbocycles. The highest BCUT2D eigenvalue weighted by Crippen LogP contribution is 2.34. The van der Waals surface area contributed by atoms with Gasteiger partial charge in [-0.05, 0) is 23.3 Å². The number of nitrogens with zero attached hydrogens (tertiary/aromatic N) is 4. The van der Waals surface area contributed by atoms with Gasteiger partial charge in [0.2, 0.25) is 5.13 Å². The van der Waals surface area contributed by atoms with E-state index in [1.807, 2.05) is 54.6 Å². The van der Waals surface area contributed by atoms with Gasteiger partial charge in [-0.1, -0.05) is 77.2 Å². The number of hydrogen-bond acceptors (Lipinski definition) is 7. The van der Waals surface area contributed by atoms with Crippen LogP contribution in [-0.4, -0.2) is 32.6 Å². The molecule has 0 spiro atoms. The highest BCUT2D eigenvalue weighted by Gasteiger charge is 2.33. The third-order valence-electron chi connectivity index (χ3n) is 4.27. The van der Waals surface area contributed by atoms with Crippen LogP contribution >= 0.6 is 34.7 Å². The molecule has 0 bridgehead atoms. The van der Waals surface area contributed by atoms with Gasteiger partial charge in [-0.15, -0.1) is 10.2 Å². The molecule has 1 aliphatic heterocycles. The first-order valence-corrected chi connectivity index (χ1v) is 10.7. The number of aromatic nitrogens is 2. The van der Waals surface area contributed by atoms with Crippen molar-refractivity contribution in [2.45, 2.75) is 16.8 Å². The average Bonchev–Trinajstić information content (AvgIpc) is 3.34. The van der Waals surface area contributed by atoms with Gasteiger partial charge in [0.1, 0.15) is 0 Å². The van der Waals surface area contributed by atoms with Gasteiger partial charge in [0.25, 0.3) is 5.91 Å². The summed E-state index contributed by atoms with van der Waals surface area (Å²) in [5.74, 6) is 0.120. The van der Waals surface area contributed by atoms with E-state index in [2.05, 4.69) is 15.3 Å². The summed E-state index contributed by atoms with van der Waals surface area (Å²) in [6, 6.07) is 17.3. The van der Waals surface area contributed by atoms with Gasteiger partial charge in [0.15, 0.2) is 4.34 Å². The summed E-state index contributed by atoms with van der Waals surface area (Å²) in [6.45, 7) is 0. The van der Waals surface area contributed by atoms with Crippen LogP contribution in [0.2, 0.25) is 5.02 Å². The van der Waals surface area contributed by atoms with E-state index in [0.717, 1.165) is 16.8 Å². The van der Waals surface area contributed by atoms with Crippen LogP contribution in [0.1, 0.15) is 23.6 Å². The van der Waals surface area contributed by atoms with Crippen LogP contribution in [0.15, 0.2) is 64.0 Å². The van der Waals surface area contributed by atoms with Gasteiger partial charge in [0.05, 0.1) is 17.5 Å². The highest BCUT2D eigenvalue weighted by atomic mass is 35.5. The van der Waals surface area contributed by atoms with E-state index in [1.165, 1.54) is 23.1 Å². The third-order valence-corrected chi connectivity index (χ3v) is 6.39. The zero-order chi connectivity index (χ0) is 19.5. The lowest BCUT2D eigenvalue weighted by molar-refractivity contribution is -0.130. The number of nitrogens with two attached hydrogens (primary N) is 1. The van der Waals surface area contributed by atoms with E-state index in [-0.39, 0.29) is 17.7 Å². The van der Waals surface area contributed by atoms with Crippen molar-refractivity contribution in [3.8, 4) is 0 Å². The third kappa shape index (κ3) is 4.19. The first-order chi connectivity index (χ1) is 13.6. The van der Waals surface area contributed by atoms with Crippen LogP contribution in [0.4, 0.5) is 5.13 Å². The van der Waals surface area contributed by atoms with Crippen LogP contribution in [-0.2, 0) is 4.79 Å². The number of halogens is 1. The Balaban J connectivity index is 1.57. The maximum atomic E-state index is 13.0. The number of hydrogen-bond donors (Lipinski definition) is 1. The van der Waals surface area contributed by atoms with E-state index in [4.69, 9.17) is 17.3 Å². The number of carbonyl (C=O) groups is 1. The van der Waals surface area contributed by atoms with Crippen LogP contribution in [0.3, 0.4) is 0 Å². The van der Waals surface area contributed by atoms with Crippen molar-refractivity contribution in [1.29, 1.82) is 0 Å². The molecule has 1 aliphatic rings. The Morgan fingerprint density at radius 1 is 1.18 bits per heavy atom. The second kappa shape index (κ2) is 8.30. The van der Waals surface area contributed by atoms with Gasteiger partial charge < -0.3 is 5.73 Å². The SMILES string of the molecule is Nc1nnc(SCC(=O)N2N=C(c3ccccc3)CC2c2ccc(Cl)cc2)s1. The molecule has 0 radical (unpaired) electrons. The summed E-state index contributed by atoms with van der Waals surface area (Å²) in [4.78, 5) is 13.0. The van der Waals surface area contributed by atoms with Gasteiger partial charge >= 0.3 is 0 Å². The number of thioether (sulfide) groups is 1. The fourth-order valence-electron chi connectivity index (χ4n) is 2.96. The van der Waals surface area contributed by atoms with E-state index >= 15 is 0 Å². The normalized spacial score (nSPS) is 16.2. The molecular formula is C19H16ClN5OS2. The molecule has 3 aromatic rings. The Morgan fingerprint density at radius 2 is 1.93 bits per heavy atom. The number of carbonyl (C=O) groups excluding carboxylic acids is 1. The van der Waals surface area contributed by atoms with E-state index in [9.17, 15) is 4.79 Å². The molecule has 9 heteroatoms. The van der Waals surface area contributed by atoms with Crippen molar-refractivity contribution < 1.29 is 4.79 Å². The molecule has 2 N–H and O–H groups in total. The predicted octanol–water partition coefficient (Wildman–Crippen LogP) is 4.24. The quantitative estimate of drug-likeness (QED) is 0.613. The van der Waals surface area contributed by atoms with Gasteiger partial charge in [-0.25, -0.2) is 5.01 Å². The van der Waals surface area contributed by atoms with Crippen LogP contribution in [0.5, 0.6) is 0 Å². The van der Waals surface area contributed by atoms with Crippen molar-refractivity contribution >= 4 is 51.5 Å². The van der Waals surface area contributed by atoms with Crippen LogP contribution in [0, 0.1) is 0 Å². The maximum absolute atomic E-state index is 13.0. The topological polar surface area (TPSA) is 84.5 Å². The lowest BCUT2D eigenvalue weighted by Gasteiger charge is -2.21. The van der Waals surface area contributed by atoms with E-state index < -0.39 is 0 Å². The average molecular weight is 430 g/mol. The number of nitrogen functional groups attached to an aromatic ring is 1. The van der Waals surface area contributed by atoms with Crippen LogP contribution in [0.25, 0.3) is 0 Å². The molecule has 1 unspecified atom stereocenters. The molecule has 1 amide bonds. The summed E-state index contributed by atoms with van der Waals surface area (Å²) in [7, 11) is 0. The summed E-state index contributed by atoms with van der Waals surface area (Å²) in [5.41, 5.74) is 8.50. The van der Waals surface area contributed by atoms with Gasteiger partial charge in [-0.3, -0.25) is 4.79 Å². The van der Waals surface area contributed by atoms with Crippen LogP contribution < -0.4 is 5.73 Å². The molecule has 6 nitrogen and oxygen atoms in total. The Morgan fingerprint density at radius 3 is 2.61 bits per heavy atom. The molecule has 142 valence electrons. The maximum Gasteiger partial charge on any atom is 0.253 e. The number of hydrazone groups is 1. The Kier molecular flexibility index (Phi) is 5.61. The smallest absolute Gasteiger partial charge is 0.253 e. The Hall–Kier alpha value is -2.42. The van der Waals surface area contributed by atoms with Crippen molar-refractivity contribution in [2.75, 3.05) is 11.5 Å². The molecule has 0 saturated heterocycles. The molecule has 0 saturated carbocycles. The molecular weight excluding hydrogens is 414 g/mol. The fraction of sp³-hybridized carbons (Fsp3) is 0.158. The Labute approximate surface area is 175 Å². The van der Waals surface area contributed by atoms with Crippen molar-refractivity contribution in [3.05, 3.63) is 70.7 Å². The first kappa shape index (κ1) is 18.9. The number of rotatable bonds is 5. The number of benzene rings is 2. The molecule has 2 heterocycles. The molecule has 2 aromatic carbocycles. The van der Waals surface area contributed by atoms with E-state index in [0.29, 0.717) is 20.9 Å². The van der Waals surface area contributed by atoms with E-state index in [1.54, 1.807) is 5.01 Å². The largest absolute Gasteiger partial charge is 0.374 e. The highest BCUT2D eigenvalue weighted by molar-refractivity contribution is 8.01. The summed E-state index contributed by atoms with van der Waals surface area (Å²) in [5, 5.41) is 15.0. The minimum absolute atomic E-state index is 0.0929. The minimum Gasteiger partial charge on any atom is -0.374 e. The Bertz CT molecular complexity index is 1010. The van der Waals surface area contributed by atoms with Gasteiger partial charge in [-0.2, -0.15) is 5.10 Å². The standard InChI is InChI=1S/C19H16ClN5OS2/c20-14-8-6-13(7-9-14)16-10-15(12-4-2-1-3-5-12)24-25(16)17(26)11-27-19-23-22-18(21)28-19/h1-9,16H,10-11H2,(H2,21,22). The lowest BCUT2D eigenvalue weighted by Crippen LogP contribution is -2.28. The van der Waals surface area contributed by atoms with Gasteiger partial charge in [0, 0.05) is 11.4 Å². The van der Waals surface area contributed by atoms with Crippen molar-refractivity contribution in [1.82, 2.24) is 15.2 Å². The number of amides is 1. The van der Waals surface area contributed by atoms with Crippen molar-refractivity contribution in [3.63, 3.8) is 0 Å². The second-order valence-corrected chi connectivity index (χ2v) is 8.79. The summed E-state index contributed by atoms with van der Waals surface area (Å²) < 4.78 is 0.667. The summed E-state index contributed by atoms with van der Waals surface area (Å²) in [6.07, 6.45) is 0.647. The number of anilines is 1. The monoisotopic (exact) mass is 429 g/mol. The molecule has 28 heavy (non-hydrogen) atoms. The molecule has 0 fully saturated rings. The minimum atomic E-state index is -0.167. The summed E-state index contributed by atoms with van der Waals surface area (Å²) >= 11 is 8.61. The molecule has 1 aromatic heterocycles. The fourth-order valence-corrected chi connectivity index (χ4v) is 4.57. The second-order valence-electron chi connectivity index (χ2n) is 6.12. The molecule has 4 rings (SSSR count). The van der Waals surface area contributed by atoms with Crippen molar-refractivity contribution in [2.24, 2.45) is 5.10 Å². The predicted molar refractivity (Wildman–Crippen MR) is 114 cm³/mol. The first-order valence-electron chi connectivity index (χ1n) is 8.52. The lowest BCUT2D eigenvalue weighted by atomic mass is 9.98. The zero-order valence-corrected chi connectivity index (χ0v) is 17.0.